The number of amides is 2. The van der Waals surface area contributed by atoms with Gasteiger partial charge in [0.15, 0.2) is 18.1 Å². The van der Waals surface area contributed by atoms with Gasteiger partial charge in [0.05, 0.1) is 26.9 Å². The minimum Gasteiger partial charge on any atom is -0.493 e. The maximum absolute atomic E-state index is 12.8. The van der Waals surface area contributed by atoms with E-state index in [1.54, 1.807) is 0 Å². The summed E-state index contributed by atoms with van der Waals surface area (Å²) in [6.45, 7) is 5.53. The third-order valence-corrected chi connectivity index (χ3v) is 5.26. The highest BCUT2D eigenvalue weighted by atomic mass is 16.5. The van der Waals surface area contributed by atoms with Gasteiger partial charge in [-0.3, -0.25) is 14.5 Å². The quantitative estimate of drug-likeness (QED) is 0.559. The maximum atomic E-state index is 12.8. The summed E-state index contributed by atoms with van der Waals surface area (Å²) in [5, 5.41) is 2.93. The number of carbonyl (C=O) groups excluding carboxylic acids is 2. The summed E-state index contributed by atoms with van der Waals surface area (Å²) < 4.78 is 21.6. The number of primary amides is 1. The van der Waals surface area contributed by atoms with Crippen LogP contribution >= 0.6 is 0 Å². The summed E-state index contributed by atoms with van der Waals surface area (Å²) in [5.41, 5.74) is 7.68. The van der Waals surface area contributed by atoms with E-state index in [0.717, 1.165) is 31.8 Å². The Hall–Kier alpha value is -3.30. The molecule has 0 bridgehead atoms. The van der Waals surface area contributed by atoms with Gasteiger partial charge in [-0.25, -0.2) is 0 Å². The zero-order valence-corrected chi connectivity index (χ0v) is 19.3. The van der Waals surface area contributed by atoms with E-state index in [1.165, 1.54) is 31.9 Å². The molecule has 1 atom stereocenters. The van der Waals surface area contributed by atoms with E-state index >= 15 is 0 Å². The molecule has 3 N–H and O–H groups in total. The molecule has 178 valence electrons. The monoisotopic (exact) mass is 457 g/mol. The van der Waals surface area contributed by atoms with Gasteiger partial charge in [-0.15, -0.1) is 0 Å². The topological polar surface area (TPSA) is 112 Å². The third kappa shape index (κ3) is 6.84. The van der Waals surface area contributed by atoms with Crippen molar-refractivity contribution >= 4 is 11.8 Å². The van der Waals surface area contributed by atoms with Gasteiger partial charge >= 0.3 is 0 Å². The molecule has 1 saturated heterocycles. The van der Waals surface area contributed by atoms with Crippen molar-refractivity contribution in [3.8, 4) is 17.2 Å². The first-order valence-electron chi connectivity index (χ1n) is 10.8. The maximum Gasteiger partial charge on any atom is 0.255 e. The normalized spacial score (nSPS) is 16.2. The fourth-order valence-electron chi connectivity index (χ4n) is 3.71. The number of nitrogens with two attached hydrogens (primary N) is 1. The van der Waals surface area contributed by atoms with E-state index < -0.39 is 5.91 Å². The third-order valence-electron chi connectivity index (χ3n) is 5.26. The van der Waals surface area contributed by atoms with Gasteiger partial charge in [0, 0.05) is 31.7 Å². The summed E-state index contributed by atoms with van der Waals surface area (Å²) in [4.78, 5) is 26.2. The molecule has 0 aromatic heterocycles. The zero-order chi connectivity index (χ0) is 23.8. The summed E-state index contributed by atoms with van der Waals surface area (Å²) in [6, 6.07) is 11.2. The van der Waals surface area contributed by atoms with Crippen molar-refractivity contribution in [1.29, 1.82) is 0 Å². The van der Waals surface area contributed by atoms with Crippen LogP contribution in [0, 0.1) is 0 Å². The smallest absolute Gasteiger partial charge is 0.255 e. The van der Waals surface area contributed by atoms with Gasteiger partial charge in [-0.2, -0.15) is 0 Å². The SMILES string of the molecule is COc1cc(C(=O)NCc2cccc(CN3CCOC(C)C3)c2)cc(OC)c1OCC(N)=O. The molecule has 1 unspecified atom stereocenters. The van der Waals surface area contributed by atoms with Crippen LogP contribution in [0.5, 0.6) is 17.2 Å². The molecule has 0 spiro atoms. The van der Waals surface area contributed by atoms with Gasteiger partial charge < -0.3 is 30.0 Å². The minimum atomic E-state index is -0.633. The molecular formula is C24H31N3O6. The molecule has 1 aliphatic heterocycles. The molecule has 2 aromatic carbocycles. The Morgan fingerprint density at radius 2 is 1.85 bits per heavy atom. The van der Waals surface area contributed by atoms with Gasteiger partial charge in [0.1, 0.15) is 0 Å². The molecule has 1 heterocycles. The van der Waals surface area contributed by atoms with Crippen LogP contribution in [0.2, 0.25) is 0 Å². The lowest BCUT2D eigenvalue weighted by Crippen LogP contribution is -2.40. The molecular weight excluding hydrogens is 426 g/mol. The number of morpholine rings is 1. The lowest BCUT2D eigenvalue weighted by atomic mass is 10.1. The van der Waals surface area contributed by atoms with Crippen molar-refractivity contribution in [2.45, 2.75) is 26.1 Å². The lowest BCUT2D eigenvalue weighted by molar-refractivity contribution is -0.120. The largest absolute Gasteiger partial charge is 0.493 e. The van der Waals surface area contributed by atoms with Crippen LogP contribution in [0.4, 0.5) is 0 Å². The number of methoxy groups -OCH3 is 2. The van der Waals surface area contributed by atoms with E-state index in [4.69, 9.17) is 24.7 Å². The van der Waals surface area contributed by atoms with Gasteiger partial charge in [0.2, 0.25) is 5.75 Å². The summed E-state index contributed by atoms with van der Waals surface area (Å²) >= 11 is 0. The number of nitrogens with zero attached hydrogens (tertiary/aromatic N) is 1. The molecule has 9 heteroatoms. The van der Waals surface area contributed by atoms with Crippen molar-refractivity contribution in [2.75, 3.05) is 40.5 Å². The van der Waals surface area contributed by atoms with Crippen LogP contribution in [0.25, 0.3) is 0 Å². The molecule has 33 heavy (non-hydrogen) atoms. The van der Waals surface area contributed by atoms with E-state index in [9.17, 15) is 9.59 Å². The average molecular weight is 458 g/mol. The highest BCUT2D eigenvalue weighted by Gasteiger charge is 2.19. The van der Waals surface area contributed by atoms with E-state index in [1.807, 2.05) is 12.1 Å². The Balaban J connectivity index is 1.66. The van der Waals surface area contributed by atoms with Gasteiger partial charge in [0.25, 0.3) is 11.8 Å². The van der Waals surface area contributed by atoms with Crippen LogP contribution < -0.4 is 25.3 Å². The van der Waals surface area contributed by atoms with Crippen LogP contribution in [0.1, 0.15) is 28.4 Å². The number of rotatable bonds is 10. The van der Waals surface area contributed by atoms with Crippen LogP contribution in [-0.2, 0) is 22.6 Å². The van der Waals surface area contributed by atoms with Crippen LogP contribution in [0.3, 0.4) is 0 Å². The van der Waals surface area contributed by atoms with Crippen molar-refractivity contribution < 1.29 is 28.5 Å². The highest BCUT2D eigenvalue weighted by molar-refractivity contribution is 5.95. The number of nitrogens with one attached hydrogen (secondary N) is 1. The predicted octanol–water partition coefficient (Wildman–Crippen LogP) is 1.72. The van der Waals surface area contributed by atoms with E-state index in [2.05, 4.69) is 29.3 Å². The molecule has 0 aliphatic carbocycles. The summed E-state index contributed by atoms with van der Waals surface area (Å²) in [7, 11) is 2.88. The second-order valence-corrected chi connectivity index (χ2v) is 7.88. The van der Waals surface area contributed by atoms with E-state index in [-0.39, 0.29) is 35.9 Å². The second kappa shape index (κ2) is 11.5. The first-order chi connectivity index (χ1) is 15.9. The molecule has 2 amide bonds. The molecule has 2 aromatic rings. The van der Waals surface area contributed by atoms with Crippen molar-refractivity contribution in [3.63, 3.8) is 0 Å². The van der Waals surface area contributed by atoms with E-state index in [0.29, 0.717) is 12.1 Å². The lowest BCUT2D eigenvalue weighted by Gasteiger charge is -2.31. The number of ether oxygens (including phenoxy) is 4. The number of benzene rings is 2. The molecule has 0 radical (unpaired) electrons. The Labute approximate surface area is 193 Å². The highest BCUT2D eigenvalue weighted by Crippen LogP contribution is 2.38. The molecule has 1 aliphatic rings. The Morgan fingerprint density at radius 3 is 2.48 bits per heavy atom. The Morgan fingerprint density at radius 1 is 1.15 bits per heavy atom. The average Bonchev–Trinajstić information content (AvgIpc) is 2.80. The Bertz CT molecular complexity index is 955. The molecule has 3 rings (SSSR count). The van der Waals surface area contributed by atoms with Gasteiger partial charge in [-0.05, 0) is 30.2 Å². The molecule has 0 saturated carbocycles. The van der Waals surface area contributed by atoms with Crippen LogP contribution in [-0.4, -0.2) is 63.3 Å². The fourth-order valence-corrected chi connectivity index (χ4v) is 3.71. The predicted molar refractivity (Wildman–Crippen MR) is 123 cm³/mol. The van der Waals surface area contributed by atoms with Crippen molar-refractivity contribution in [2.24, 2.45) is 5.73 Å². The van der Waals surface area contributed by atoms with Gasteiger partial charge in [-0.1, -0.05) is 24.3 Å². The number of carbonyl (C=O) groups is 2. The Kier molecular flexibility index (Phi) is 8.51. The minimum absolute atomic E-state index is 0.209. The second-order valence-electron chi connectivity index (χ2n) is 7.88. The first-order valence-corrected chi connectivity index (χ1v) is 10.8. The van der Waals surface area contributed by atoms with Crippen LogP contribution in [0.15, 0.2) is 36.4 Å². The standard InChI is InChI=1S/C24H31N3O6/c1-16-13-27(7-8-32-16)14-18-6-4-5-17(9-18)12-26-24(29)19-10-20(30-2)23(21(11-19)31-3)33-15-22(25)28/h4-6,9-11,16H,7-8,12-15H2,1-3H3,(H2,25,28)(H,26,29). The molecule has 9 nitrogen and oxygen atoms in total. The fraction of sp³-hybridized carbons (Fsp3) is 0.417. The molecule has 1 fully saturated rings. The first kappa shape index (κ1) is 24.3. The summed E-state index contributed by atoms with van der Waals surface area (Å²) in [6.07, 6.45) is 0.239. The number of hydrogen-bond acceptors (Lipinski definition) is 7. The number of hydrogen-bond donors (Lipinski definition) is 2. The summed E-state index contributed by atoms with van der Waals surface area (Å²) in [5.74, 6) is -0.183. The zero-order valence-electron chi connectivity index (χ0n) is 19.3. The van der Waals surface area contributed by atoms with Crippen molar-refractivity contribution in [3.05, 3.63) is 53.1 Å². The van der Waals surface area contributed by atoms with Crippen molar-refractivity contribution in [1.82, 2.24) is 10.2 Å².